The Morgan fingerprint density at radius 2 is 0.907 bits per heavy atom. The van der Waals surface area contributed by atoms with E-state index in [0.29, 0.717) is 0 Å². The van der Waals surface area contributed by atoms with Gasteiger partial charge >= 0.3 is 0 Å². The van der Waals surface area contributed by atoms with Crippen molar-refractivity contribution in [3.8, 4) is 44.9 Å². The molecule has 1 heterocycles. The molecule has 2 nitrogen and oxygen atoms in total. The Bertz CT molecular complexity index is 2730. The Hall–Kier alpha value is -6.64. The van der Waals surface area contributed by atoms with Crippen molar-refractivity contribution in [2.24, 2.45) is 0 Å². The van der Waals surface area contributed by atoms with E-state index >= 15 is 0 Å². The SMILES string of the molecule is CC1(C)c2ccccc2-c2ccc(N(c3ccc(-c4ccccc4)cc3)c3cccc4c3C3(c5ccccc5O4)c4ccccc4-c4ccccc43)cc21. The topological polar surface area (TPSA) is 12.5 Å². The van der Waals surface area contributed by atoms with Gasteiger partial charge in [-0.05, 0) is 98.1 Å². The van der Waals surface area contributed by atoms with Gasteiger partial charge in [0.2, 0.25) is 0 Å². The molecule has 11 rings (SSSR count). The molecule has 0 bridgehead atoms. The van der Waals surface area contributed by atoms with Gasteiger partial charge in [-0.2, -0.15) is 0 Å². The Morgan fingerprint density at radius 1 is 0.389 bits per heavy atom. The second kappa shape index (κ2) is 11.4. The number of hydrogen-bond donors (Lipinski definition) is 0. The van der Waals surface area contributed by atoms with Crippen LogP contribution >= 0.6 is 0 Å². The van der Waals surface area contributed by atoms with E-state index in [1.807, 2.05) is 0 Å². The summed E-state index contributed by atoms with van der Waals surface area (Å²) < 4.78 is 6.96. The molecule has 256 valence electrons. The van der Waals surface area contributed by atoms with E-state index in [4.69, 9.17) is 4.74 Å². The number of nitrogens with zero attached hydrogens (tertiary/aromatic N) is 1. The van der Waals surface area contributed by atoms with Crippen molar-refractivity contribution in [2.75, 3.05) is 4.90 Å². The van der Waals surface area contributed by atoms with Gasteiger partial charge < -0.3 is 9.64 Å². The van der Waals surface area contributed by atoms with Crippen LogP contribution in [0.2, 0.25) is 0 Å². The summed E-state index contributed by atoms with van der Waals surface area (Å²) in [5.41, 5.74) is 17.7. The van der Waals surface area contributed by atoms with Crippen LogP contribution in [0.5, 0.6) is 11.5 Å². The van der Waals surface area contributed by atoms with Crippen LogP contribution in [0.3, 0.4) is 0 Å². The molecular formula is C52H37NO. The van der Waals surface area contributed by atoms with Crippen LogP contribution in [0.1, 0.15) is 47.2 Å². The molecule has 0 amide bonds. The van der Waals surface area contributed by atoms with Crippen molar-refractivity contribution in [2.45, 2.75) is 24.7 Å². The van der Waals surface area contributed by atoms with Crippen molar-refractivity contribution >= 4 is 17.1 Å². The van der Waals surface area contributed by atoms with Crippen LogP contribution in [0.15, 0.2) is 188 Å². The lowest BCUT2D eigenvalue weighted by molar-refractivity contribution is 0.437. The average Bonchev–Trinajstić information content (AvgIpc) is 3.64. The number of benzene rings is 8. The van der Waals surface area contributed by atoms with Gasteiger partial charge in [-0.25, -0.2) is 0 Å². The minimum Gasteiger partial charge on any atom is -0.457 e. The first-order valence-electron chi connectivity index (χ1n) is 18.9. The van der Waals surface area contributed by atoms with Crippen LogP contribution in [0, 0.1) is 0 Å². The molecule has 54 heavy (non-hydrogen) atoms. The van der Waals surface area contributed by atoms with Crippen molar-refractivity contribution in [3.63, 3.8) is 0 Å². The molecule has 1 aliphatic heterocycles. The molecule has 1 spiro atoms. The van der Waals surface area contributed by atoms with Crippen molar-refractivity contribution < 1.29 is 4.74 Å². The van der Waals surface area contributed by atoms with Gasteiger partial charge in [0.25, 0.3) is 0 Å². The highest BCUT2D eigenvalue weighted by molar-refractivity contribution is 5.94. The second-order valence-corrected chi connectivity index (χ2v) is 15.2. The molecule has 0 unspecified atom stereocenters. The molecule has 0 saturated heterocycles. The first-order valence-corrected chi connectivity index (χ1v) is 18.9. The highest BCUT2D eigenvalue weighted by atomic mass is 16.5. The molecular weight excluding hydrogens is 655 g/mol. The quantitative estimate of drug-likeness (QED) is 0.182. The van der Waals surface area contributed by atoms with Crippen LogP contribution in [-0.4, -0.2) is 0 Å². The summed E-state index contributed by atoms with van der Waals surface area (Å²) in [7, 11) is 0. The van der Waals surface area contributed by atoms with E-state index < -0.39 is 5.41 Å². The fourth-order valence-electron chi connectivity index (χ4n) is 9.77. The molecule has 2 aliphatic carbocycles. The maximum Gasteiger partial charge on any atom is 0.134 e. The molecule has 0 aromatic heterocycles. The minimum absolute atomic E-state index is 0.145. The van der Waals surface area contributed by atoms with E-state index in [1.165, 1.54) is 55.6 Å². The van der Waals surface area contributed by atoms with E-state index in [2.05, 4.69) is 207 Å². The van der Waals surface area contributed by atoms with Crippen molar-refractivity contribution in [1.82, 2.24) is 0 Å². The third-order valence-electron chi connectivity index (χ3n) is 12.1. The summed E-state index contributed by atoms with van der Waals surface area (Å²) >= 11 is 0. The first kappa shape index (κ1) is 30.9. The molecule has 0 N–H and O–H groups in total. The van der Waals surface area contributed by atoms with Gasteiger partial charge in [-0.3, -0.25) is 0 Å². The summed E-state index contributed by atoms with van der Waals surface area (Å²) in [4.78, 5) is 2.47. The number of ether oxygens (including phenoxy) is 1. The van der Waals surface area contributed by atoms with Crippen LogP contribution in [0.4, 0.5) is 17.1 Å². The molecule has 2 heteroatoms. The van der Waals surface area contributed by atoms with Crippen LogP contribution in [0.25, 0.3) is 33.4 Å². The maximum absolute atomic E-state index is 6.96. The van der Waals surface area contributed by atoms with Gasteiger partial charge in [-0.1, -0.05) is 159 Å². The van der Waals surface area contributed by atoms with Gasteiger partial charge in [0, 0.05) is 27.9 Å². The van der Waals surface area contributed by atoms with E-state index in [-0.39, 0.29) is 5.41 Å². The Labute approximate surface area is 316 Å². The van der Waals surface area contributed by atoms with Crippen LogP contribution < -0.4 is 9.64 Å². The number of para-hydroxylation sites is 1. The van der Waals surface area contributed by atoms with Gasteiger partial charge in [0.15, 0.2) is 0 Å². The molecule has 3 aliphatic rings. The molecule has 0 radical (unpaired) electrons. The lowest BCUT2D eigenvalue weighted by Gasteiger charge is -2.42. The molecule has 0 fully saturated rings. The highest BCUT2D eigenvalue weighted by Crippen LogP contribution is 2.64. The summed E-state index contributed by atoms with van der Waals surface area (Å²) in [6.45, 7) is 4.72. The summed E-state index contributed by atoms with van der Waals surface area (Å²) in [6.07, 6.45) is 0. The summed E-state index contributed by atoms with van der Waals surface area (Å²) in [5, 5.41) is 0. The van der Waals surface area contributed by atoms with Crippen molar-refractivity contribution in [3.05, 3.63) is 221 Å². The van der Waals surface area contributed by atoms with E-state index in [1.54, 1.807) is 0 Å². The summed E-state index contributed by atoms with van der Waals surface area (Å²) in [5.74, 6) is 1.77. The predicted molar refractivity (Wildman–Crippen MR) is 222 cm³/mol. The Morgan fingerprint density at radius 3 is 1.61 bits per heavy atom. The monoisotopic (exact) mass is 691 g/mol. The third-order valence-corrected chi connectivity index (χ3v) is 12.1. The predicted octanol–water partition coefficient (Wildman–Crippen LogP) is 13.6. The molecule has 0 saturated carbocycles. The fourth-order valence-corrected chi connectivity index (χ4v) is 9.77. The lowest BCUT2D eigenvalue weighted by Crippen LogP contribution is -2.34. The number of hydrogen-bond acceptors (Lipinski definition) is 2. The fraction of sp³-hybridized carbons (Fsp3) is 0.0769. The number of rotatable bonds is 4. The molecule has 8 aromatic rings. The largest absolute Gasteiger partial charge is 0.457 e. The minimum atomic E-state index is -0.609. The normalized spacial score (nSPS) is 14.6. The number of anilines is 3. The highest BCUT2D eigenvalue weighted by Gasteiger charge is 2.52. The van der Waals surface area contributed by atoms with Crippen LogP contribution in [-0.2, 0) is 10.8 Å². The van der Waals surface area contributed by atoms with Crippen molar-refractivity contribution in [1.29, 1.82) is 0 Å². The van der Waals surface area contributed by atoms with E-state index in [9.17, 15) is 0 Å². The van der Waals surface area contributed by atoms with Gasteiger partial charge in [0.05, 0.1) is 11.1 Å². The number of fused-ring (bicyclic) bond motifs is 12. The Kier molecular flexibility index (Phi) is 6.55. The lowest BCUT2D eigenvalue weighted by atomic mass is 9.65. The van der Waals surface area contributed by atoms with Gasteiger partial charge in [-0.15, -0.1) is 0 Å². The zero-order chi connectivity index (χ0) is 36.0. The standard InChI is InChI=1S/C52H37NO/c1-51(2)42-20-9-6-17-38(42)41-32-31-37(33-46(41)51)53(36-29-27-35(28-30-36)34-15-4-3-5-16-34)47-24-14-26-49-50(47)52(45-23-12-13-25-48(45)54-49)43-21-10-7-18-39(43)40-19-8-11-22-44(40)52/h3-33H,1-2H3. The third kappa shape index (κ3) is 4.17. The van der Waals surface area contributed by atoms with Gasteiger partial charge in [0.1, 0.15) is 11.5 Å². The second-order valence-electron chi connectivity index (χ2n) is 15.2. The average molecular weight is 692 g/mol. The first-order chi connectivity index (χ1) is 26.5. The summed E-state index contributed by atoms with van der Waals surface area (Å²) in [6, 6.07) is 68.8. The molecule has 0 atom stereocenters. The zero-order valence-corrected chi connectivity index (χ0v) is 30.3. The van der Waals surface area contributed by atoms with E-state index in [0.717, 1.165) is 39.7 Å². The zero-order valence-electron chi connectivity index (χ0n) is 30.3. The molecule has 8 aromatic carbocycles. The smallest absolute Gasteiger partial charge is 0.134 e. The maximum atomic E-state index is 6.96. The Balaban J connectivity index is 1.21.